The summed E-state index contributed by atoms with van der Waals surface area (Å²) in [6.45, 7) is 0.501. The van der Waals surface area contributed by atoms with Gasteiger partial charge in [0.25, 0.3) is 0 Å². The molecule has 0 aromatic heterocycles. The number of carbonyl (C=O) groups excluding carboxylic acids is 1. The number of carbonyl (C=O) groups is 1. The van der Waals surface area contributed by atoms with Crippen LogP contribution >= 0.6 is 0 Å². The van der Waals surface area contributed by atoms with Crippen molar-refractivity contribution >= 4 is 31.6 Å². The van der Waals surface area contributed by atoms with E-state index in [0.29, 0.717) is 30.0 Å². The number of primary sulfonamides is 1. The molecule has 2 aliphatic heterocycles. The van der Waals surface area contributed by atoms with E-state index in [0.717, 1.165) is 12.1 Å². The summed E-state index contributed by atoms with van der Waals surface area (Å²) in [6.07, 6.45) is 0.732. The van der Waals surface area contributed by atoms with Gasteiger partial charge in [0.15, 0.2) is 11.5 Å². The van der Waals surface area contributed by atoms with Crippen LogP contribution in [0.15, 0.2) is 52.3 Å². The highest BCUT2D eigenvalue weighted by Gasteiger charge is 2.32. The third-order valence-electron chi connectivity index (χ3n) is 5.25. The normalized spacial score (nSPS) is 17.5. The number of nitrogens with one attached hydrogen (secondary N) is 1. The molecule has 10 nitrogen and oxygen atoms in total. The lowest BCUT2D eigenvalue weighted by Gasteiger charge is -2.30. The van der Waals surface area contributed by atoms with Crippen LogP contribution in [0, 0.1) is 5.92 Å². The fourth-order valence-electron chi connectivity index (χ4n) is 3.53. The molecule has 2 heterocycles. The smallest absolute Gasteiger partial charge is 0.243 e. The maximum absolute atomic E-state index is 12.8. The molecule has 4 rings (SSSR count). The lowest BCUT2D eigenvalue weighted by atomic mass is 9.97. The fraction of sp³-hybridized carbons (Fsp3) is 0.316. The van der Waals surface area contributed by atoms with Crippen LogP contribution in [0.1, 0.15) is 12.8 Å². The van der Waals surface area contributed by atoms with Gasteiger partial charge in [-0.25, -0.2) is 22.0 Å². The first-order chi connectivity index (χ1) is 14.6. The van der Waals surface area contributed by atoms with Crippen molar-refractivity contribution in [2.45, 2.75) is 22.6 Å². The predicted octanol–water partition coefficient (Wildman–Crippen LogP) is 1.10. The highest BCUT2D eigenvalue weighted by molar-refractivity contribution is 7.89. The molecule has 31 heavy (non-hydrogen) atoms. The molecule has 166 valence electrons. The number of anilines is 1. The monoisotopic (exact) mass is 467 g/mol. The van der Waals surface area contributed by atoms with Gasteiger partial charge < -0.3 is 14.8 Å². The zero-order valence-corrected chi connectivity index (χ0v) is 18.0. The molecular weight excluding hydrogens is 446 g/mol. The number of piperidine rings is 1. The largest absolute Gasteiger partial charge is 0.454 e. The molecule has 12 heteroatoms. The standard InChI is InChI=1S/C19H21N3O7S2/c20-30(24,25)15-2-4-16(5-3-15)31(26,27)22-9-7-13(8-10-22)19(23)21-14-1-6-17-18(11-14)29-12-28-17/h1-6,11,13H,7-10,12H2,(H,21,23)(H2,20,24,25). The second-order valence-corrected chi connectivity index (χ2v) is 10.8. The van der Waals surface area contributed by atoms with Gasteiger partial charge in [-0.15, -0.1) is 0 Å². The van der Waals surface area contributed by atoms with E-state index in [-0.39, 0.29) is 41.5 Å². The van der Waals surface area contributed by atoms with E-state index in [1.807, 2.05) is 0 Å². The summed E-state index contributed by atoms with van der Waals surface area (Å²) >= 11 is 0. The Balaban J connectivity index is 1.38. The summed E-state index contributed by atoms with van der Waals surface area (Å²) in [5, 5.41) is 7.88. The number of hydrogen-bond donors (Lipinski definition) is 2. The molecule has 0 saturated carbocycles. The molecule has 0 aliphatic carbocycles. The number of ether oxygens (including phenoxy) is 2. The van der Waals surface area contributed by atoms with Crippen molar-refractivity contribution in [1.82, 2.24) is 4.31 Å². The molecular formula is C19H21N3O7S2. The lowest BCUT2D eigenvalue weighted by Crippen LogP contribution is -2.41. The molecule has 1 saturated heterocycles. The SMILES string of the molecule is NS(=O)(=O)c1ccc(S(=O)(=O)N2CCC(C(=O)Nc3ccc4c(c3)OCO4)CC2)cc1. The van der Waals surface area contributed by atoms with Crippen molar-refractivity contribution in [1.29, 1.82) is 0 Å². The third-order valence-corrected chi connectivity index (χ3v) is 8.10. The predicted molar refractivity (Wildman–Crippen MR) is 110 cm³/mol. The van der Waals surface area contributed by atoms with Crippen molar-refractivity contribution in [2.75, 3.05) is 25.2 Å². The van der Waals surface area contributed by atoms with Crippen molar-refractivity contribution < 1.29 is 31.1 Å². The van der Waals surface area contributed by atoms with E-state index in [9.17, 15) is 21.6 Å². The first kappa shape index (κ1) is 21.6. The van der Waals surface area contributed by atoms with E-state index < -0.39 is 20.0 Å². The molecule has 0 spiro atoms. The maximum Gasteiger partial charge on any atom is 0.243 e. The van der Waals surface area contributed by atoms with Crippen molar-refractivity contribution in [3.63, 3.8) is 0 Å². The Hall–Kier alpha value is -2.67. The first-order valence-corrected chi connectivity index (χ1v) is 12.5. The Morgan fingerprint density at radius 3 is 2.19 bits per heavy atom. The highest BCUT2D eigenvalue weighted by atomic mass is 32.2. The Labute approximate surface area is 180 Å². The van der Waals surface area contributed by atoms with Gasteiger partial charge in [0.2, 0.25) is 32.7 Å². The van der Waals surface area contributed by atoms with Gasteiger partial charge >= 0.3 is 0 Å². The molecule has 2 aliphatic rings. The van der Waals surface area contributed by atoms with Crippen LogP contribution in [0.25, 0.3) is 0 Å². The van der Waals surface area contributed by atoms with Gasteiger partial charge in [0.1, 0.15) is 0 Å². The van der Waals surface area contributed by atoms with E-state index in [1.54, 1.807) is 18.2 Å². The molecule has 3 N–H and O–H groups in total. The summed E-state index contributed by atoms with van der Waals surface area (Å²) in [6, 6.07) is 9.87. The minimum Gasteiger partial charge on any atom is -0.454 e. The van der Waals surface area contributed by atoms with E-state index in [2.05, 4.69) is 5.32 Å². The van der Waals surface area contributed by atoms with E-state index >= 15 is 0 Å². The second kappa shape index (κ2) is 8.11. The molecule has 0 atom stereocenters. The number of benzene rings is 2. The summed E-state index contributed by atoms with van der Waals surface area (Å²) < 4.78 is 60.2. The first-order valence-electron chi connectivity index (χ1n) is 9.48. The summed E-state index contributed by atoms with van der Waals surface area (Å²) in [5.74, 6) is 0.663. The molecule has 2 aromatic carbocycles. The number of amides is 1. The van der Waals surface area contributed by atoms with Crippen LogP contribution < -0.4 is 19.9 Å². The summed E-state index contributed by atoms with van der Waals surface area (Å²) in [4.78, 5) is 12.4. The van der Waals surface area contributed by atoms with Crippen LogP contribution in [0.5, 0.6) is 11.5 Å². The summed E-state index contributed by atoms with van der Waals surface area (Å²) in [5.41, 5.74) is 0.583. The Bertz CT molecular complexity index is 1200. The average Bonchev–Trinajstić information content (AvgIpc) is 3.21. The van der Waals surface area contributed by atoms with Gasteiger partial charge in [-0.05, 0) is 49.2 Å². The van der Waals surface area contributed by atoms with Crippen molar-refractivity contribution in [3.8, 4) is 11.5 Å². The zero-order chi connectivity index (χ0) is 22.2. The number of nitrogens with two attached hydrogens (primary N) is 1. The van der Waals surface area contributed by atoms with Gasteiger partial charge in [0.05, 0.1) is 9.79 Å². The fourth-order valence-corrected chi connectivity index (χ4v) is 5.51. The molecule has 1 fully saturated rings. The minimum atomic E-state index is -3.90. The molecule has 2 aromatic rings. The van der Waals surface area contributed by atoms with Gasteiger partial charge in [0, 0.05) is 30.8 Å². The number of fused-ring (bicyclic) bond motifs is 1. The van der Waals surface area contributed by atoms with Gasteiger partial charge in [-0.3, -0.25) is 4.79 Å². The van der Waals surface area contributed by atoms with Crippen LogP contribution in [0.3, 0.4) is 0 Å². The summed E-state index contributed by atoms with van der Waals surface area (Å²) in [7, 11) is -7.71. The van der Waals surface area contributed by atoms with Gasteiger partial charge in [-0.1, -0.05) is 0 Å². The highest BCUT2D eigenvalue weighted by Crippen LogP contribution is 2.34. The number of hydrogen-bond acceptors (Lipinski definition) is 7. The number of rotatable bonds is 5. The second-order valence-electron chi connectivity index (χ2n) is 7.25. The van der Waals surface area contributed by atoms with E-state index in [4.69, 9.17) is 14.6 Å². The molecule has 0 bridgehead atoms. The van der Waals surface area contributed by atoms with Crippen LogP contribution in [-0.2, 0) is 24.8 Å². The number of nitrogens with zero attached hydrogens (tertiary/aromatic N) is 1. The van der Waals surface area contributed by atoms with Crippen molar-refractivity contribution in [2.24, 2.45) is 11.1 Å². The number of sulfonamides is 2. The van der Waals surface area contributed by atoms with Crippen LogP contribution in [-0.4, -0.2) is 46.9 Å². The third kappa shape index (κ3) is 4.51. The quantitative estimate of drug-likeness (QED) is 0.670. The van der Waals surface area contributed by atoms with Crippen LogP contribution in [0.4, 0.5) is 5.69 Å². The average molecular weight is 468 g/mol. The van der Waals surface area contributed by atoms with Gasteiger partial charge in [-0.2, -0.15) is 4.31 Å². The lowest BCUT2D eigenvalue weighted by molar-refractivity contribution is -0.120. The van der Waals surface area contributed by atoms with Crippen LogP contribution in [0.2, 0.25) is 0 Å². The molecule has 1 amide bonds. The Morgan fingerprint density at radius 1 is 0.935 bits per heavy atom. The molecule has 0 unspecified atom stereocenters. The topological polar surface area (TPSA) is 145 Å². The zero-order valence-electron chi connectivity index (χ0n) is 16.4. The Kier molecular flexibility index (Phi) is 5.64. The van der Waals surface area contributed by atoms with Crippen molar-refractivity contribution in [3.05, 3.63) is 42.5 Å². The molecule has 0 radical (unpaired) electrons. The van der Waals surface area contributed by atoms with E-state index in [1.165, 1.54) is 16.4 Å². The minimum absolute atomic E-state index is 0.0249. The maximum atomic E-state index is 12.8. The Morgan fingerprint density at radius 2 is 1.55 bits per heavy atom.